The molecule has 17 heavy (non-hydrogen) atoms. The first kappa shape index (κ1) is 14.5. The van der Waals surface area contributed by atoms with Gasteiger partial charge >= 0.3 is 0 Å². The van der Waals surface area contributed by atoms with Crippen molar-refractivity contribution in [2.24, 2.45) is 0 Å². The van der Waals surface area contributed by atoms with Crippen LogP contribution in [-0.2, 0) is 5.54 Å². The Morgan fingerprint density at radius 3 is 2.59 bits per heavy atom. The van der Waals surface area contributed by atoms with Gasteiger partial charge < -0.3 is 5.32 Å². The Labute approximate surface area is 116 Å². The fourth-order valence-corrected chi connectivity index (χ4v) is 2.59. The lowest BCUT2D eigenvalue weighted by molar-refractivity contribution is 0.0938. The summed E-state index contributed by atoms with van der Waals surface area (Å²) < 4.78 is 2.76. The van der Waals surface area contributed by atoms with Gasteiger partial charge in [-0.25, -0.2) is 0 Å². The molecule has 0 aliphatic heterocycles. The highest BCUT2D eigenvalue weighted by molar-refractivity contribution is 14.1. The van der Waals surface area contributed by atoms with Gasteiger partial charge in [0.2, 0.25) is 0 Å². The van der Waals surface area contributed by atoms with Gasteiger partial charge in [-0.05, 0) is 56.7 Å². The molecule has 0 radical (unpaired) electrons. The van der Waals surface area contributed by atoms with Crippen molar-refractivity contribution in [2.75, 3.05) is 0 Å². The number of amides is 1. The highest BCUT2D eigenvalue weighted by Gasteiger charge is 2.22. The van der Waals surface area contributed by atoms with E-state index >= 15 is 0 Å². The Morgan fingerprint density at radius 2 is 2.18 bits per heavy atom. The van der Waals surface area contributed by atoms with E-state index < -0.39 is 0 Å². The molecule has 1 N–H and O–H groups in total. The van der Waals surface area contributed by atoms with E-state index in [9.17, 15) is 4.79 Å². The zero-order valence-corrected chi connectivity index (χ0v) is 13.2. The number of nitrogens with zero attached hydrogens (tertiary/aromatic N) is 2. The van der Waals surface area contributed by atoms with E-state index in [0.29, 0.717) is 5.56 Å². The van der Waals surface area contributed by atoms with Crippen molar-refractivity contribution in [2.45, 2.75) is 52.6 Å². The molecule has 1 heterocycles. The third kappa shape index (κ3) is 3.43. The van der Waals surface area contributed by atoms with Gasteiger partial charge in [0, 0.05) is 6.04 Å². The smallest absolute Gasteiger partial charge is 0.255 e. The van der Waals surface area contributed by atoms with Gasteiger partial charge in [-0.3, -0.25) is 9.48 Å². The Morgan fingerprint density at radius 1 is 1.59 bits per heavy atom. The second-order valence-electron chi connectivity index (χ2n) is 5.21. The van der Waals surface area contributed by atoms with E-state index in [1.165, 1.54) is 0 Å². The van der Waals surface area contributed by atoms with Crippen molar-refractivity contribution in [1.29, 1.82) is 0 Å². The molecular weight excluding hydrogens is 329 g/mol. The van der Waals surface area contributed by atoms with E-state index in [1.807, 2.05) is 11.6 Å². The molecule has 0 fully saturated rings. The molecule has 96 valence electrons. The minimum atomic E-state index is -0.106. The summed E-state index contributed by atoms with van der Waals surface area (Å²) in [6.07, 6.45) is 2.57. The topological polar surface area (TPSA) is 46.9 Å². The maximum absolute atomic E-state index is 12.0. The summed E-state index contributed by atoms with van der Waals surface area (Å²) in [5.74, 6) is -0.0424. The standard InChI is InChI=1S/C12H20IN3O/c1-6-8(2)15-11(17)9-7-14-16(10(9)13)12(3,4)5/h7-8H,6H2,1-5H3,(H,15,17). The summed E-state index contributed by atoms with van der Waals surface area (Å²) in [4.78, 5) is 12.0. The van der Waals surface area contributed by atoms with Crippen molar-refractivity contribution in [3.05, 3.63) is 15.5 Å². The molecule has 0 aromatic carbocycles. The molecule has 5 heteroatoms. The van der Waals surface area contributed by atoms with Crippen molar-refractivity contribution in [3.8, 4) is 0 Å². The average molecular weight is 349 g/mol. The van der Waals surface area contributed by atoms with Crippen LogP contribution < -0.4 is 5.32 Å². The maximum atomic E-state index is 12.0. The first-order valence-electron chi connectivity index (χ1n) is 5.82. The first-order chi connectivity index (χ1) is 7.77. The average Bonchev–Trinajstić information content (AvgIpc) is 2.59. The predicted octanol–water partition coefficient (Wildman–Crippen LogP) is 2.77. The van der Waals surface area contributed by atoms with Crippen LogP contribution >= 0.6 is 22.6 Å². The van der Waals surface area contributed by atoms with E-state index in [-0.39, 0.29) is 17.5 Å². The van der Waals surface area contributed by atoms with Crippen LogP contribution in [0.25, 0.3) is 0 Å². The van der Waals surface area contributed by atoms with Gasteiger partial charge in [0.15, 0.2) is 0 Å². The number of rotatable bonds is 3. The molecular formula is C12H20IN3O. The Hall–Kier alpha value is -0.590. The zero-order chi connectivity index (χ0) is 13.2. The fraction of sp³-hybridized carbons (Fsp3) is 0.667. The molecule has 0 aliphatic rings. The van der Waals surface area contributed by atoms with Gasteiger partial charge in [0.05, 0.1) is 17.3 Å². The largest absolute Gasteiger partial charge is 0.349 e. The highest BCUT2D eigenvalue weighted by atomic mass is 127. The van der Waals surface area contributed by atoms with Crippen molar-refractivity contribution in [1.82, 2.24) is 15.1 Å². The van der Waals surface area contributed by atoms with Gasteiger partial charge in [-0.1, -0.05) is 6.92 Å². The van der Waals surface area contributed by atoms with Crippen LogP contribution in [0.3, 0.4) is 0 Å². The van der Waals surface area contributed by atoms with Crippen molar-refractivity contribution >= 4 is 28.5 Å². The second-order valence-corrected chi connectivity index (χ2v) is 6.24. The molecule has 1 atom stereocenters. The van der Waals surface area contributed by atoms with E-state index in [2.05, 4.69) is 60.7 Å². The third-order valence-corrected chi connectivity index (χ3v) is 3.62. The highest BCUT2D eigenvalue weighted by Crippen LogP contribution is 2.20. The quantitative estimate of drug-likeness (QED) is 0.853. The van der Waals surface area contributed by atoms with Crippen molar-refractivity contribution in [3.63, 3.8) is 0 Å². The first-order valence-corrected chi connectivity index (χ1v) is 6.90. The summed E-state index contributed by atoms with van der Waals surface area (Å²) >= 11 is 2.18. The lowest BCUT2D eigenvalue weighted by Crippen LogP contribution is -2.32. The maximum Gasteiger partial charge on any atom is 0.255 e. The van der Waals surface area contributed by atoms with E-state index in [4.69, 9.17) is 0 Å². The Kier molecular flexibility index (Phi) is 4.57. The number of halogens is 1. The summed E-state index contributed by atoms with van der Waals surface area (Å²) in [7, 11) is 0. The van der Waals surface area contributed by atoms with Crippen molar-refractivity contribution < 1.29 is 4.79 Å². The molecule has 0 bridgehead atoms. The summed E-state index contributed by atoms with van der Waals surface area (Å²) in [5, 5.41) is 7.24. The van der Waals surface area contributed by atoms with Crippen LogP contribution in [-0.4, -0.2) is 21.7 Å². The van der Waals surface area contributed by atoms with Gasteiger partial charge in [0.25, 0.3) is 5.91 Å². The predicted molar refractivity (Wildman–Crippen MR) is 77.2 cm³/mol. The third-order valence-electron chi connectivity index (χ3n) is 2.58. The summed E-state index contributed by atoms with van der Waals surface area (Å²) in [6.45, 7) is 10.3. The number of aromatic nitrogens is 2. The molecule has 4 nitrogen and oxygen atoms in total. The summed E-state index contributed by atoms with van der Waals surface area (Å²) in [6, 6.07) is 0.191. The normalized spacial score (nSPS) is 13.5. The van der Waals surface area contributed by atoms with E-state index in [1.54, 1.807) is 6.20 Å². The molecule has 0 saturated heterocycles. The lowest BCUT2D eigenvalue weighted by Gasteiger charge is -2.20. The van der Waals surface area contributed by atoms with Crippen LogP contribution in [0.2, 0.25) is 0 Å². The van der Waals surface area contributed by atoms with Crippen LogP contribution in [0.5, 0.6) is 0 Å². The Bertz CT molecular complexity index is 406. The van der Waals surface area contributed by atoms with Crippen LogP contribution in [0.1, 0.15) is 51.4 Å². The van der Waals surface area contributed by atoms with E-state index in [0.717, 1.165) is 10.1 Å². The molecule has 1 aromatic heterocycles. The molecule has 1 amide bonds. The molecule has 1 rings (SSSR count). The molecule has 0 aliphatic carbocycles. The molecule has 0 saturated carbocycles. The van der Waals surface area contributed by atoms with Gasteiger partial charge in [-0.2, -0.15) is 5.10 Å². The molecule has 1 aromatic rings. The molecule has 0 spiro atoms. The zero-order valence-electron chi connectivity index (χ0n) is 11.0. The number of carbonyl (C=O) groups excluding carboxylic acids is 1. The van der Waals surface area contributed by atoms with Gasteiger partial charge in [0.1, 0.15) is 3.70 Å². The monoisotopic (exact) mass is 349 g/mol. The molecule has 1 unspecified atom stereocenters. The summed E-state index contributed by atoms with van der Waals surface area (Å²) in [5.41, 5.74) is 0.548. The number of hydrogen-bond acceptors (Lipinski definition) is 2. The minimum absolute atomic E-state index is 0.0424. The number of nitrogens with one attached hydrogen (secondary N) is 1. The van der Waals surface area contributed by atoms with Crippen LogP contribution in [0.15, 0.2) is 6.20 Å². The second kappa shape index (κ2) is 5.37. The van der Waals surface area contributed by atoms with Gasteiger partial charge in [-0.15, -0.1) is 0 Å². The Balaban J connectivity index is 2.94. The van der Waals surface area contributed by atoms with Crippen LogP contribution in [0.4, 0.5) is 0 Å². The van der Waals surface area contributed by atoms with Crippen LogP contribution in [0, 0.1) is 3.70 Å². The number of carbonyl (C=O) groups is 1. The lowest BCUT2D eigenvalue weighted by atomic mass is 10.1. The minimum Gasteiger partial charge on any atom is -0.349 e. The fourth-order valence-electron chi connectivity index (χ4n) is 1.36. The SMILES string of the molecule is CCC(C)NC(=O)c1cnn(C(C)(C)C)c1I. The number of hydrogen-bond donors (Lipinski definition) is 1.